The fourth-order valence-corrected chi connectivity index (χ4v) is 1.93. The summed E-state index contributed by atoms with van der Waals surface area (Å²) in [5.74, 6) is -0.349. The quantitative estimate of drug-likeness (QED) is 0.664. The Morgan fingerprint density at radius 2 is 1.71 bits per heavy atom. The maximum atomic E-state index is 10.7. The molecule has 0 bridgehead atoms. The molecule has 0 spiro atoms. The summed E-state index contributed by atoms with van der Waals surface area (Å²) in [6.07, 6.45) is 4.36. The van der Waals surface area contributed by atoms with Gasteiger partial charge in [-0.25, -0.2) is 0 Å². The van der Waals surface area contributed by atoms with Crippen molar-refractivity contribution in [2.45, 2.75) is 52.5 Å². The Kier molecular flexibility index (Phi) is 6.54. The number of carboxylic acid groups (broad SMARTS) is 1. The SMILES string of the molecule is CCCC(CCC)C(C)[C@H](N)C(=O)O. The zero-order valence-corrected chi connectivity index (χ0v) is 9.49. The lowest BCUT2D eigenvalue weighted by molar-refractivity contribution is -0.140. The molecule has 0 aliphatic carbocycles. The van der Waals surface area contributed by atoms with Crippen molar-refractivity contribution in [2.24, 2.45) is 17.6 Å². The molecule has 0 saturated carbocycles. The molecule has 3 N–H and O–H groups in total. The van der Waals surface area contributed by atoms with E-state index in [4.69, 9.17) is 10.8 Å². The molecule has 0 aromatic heterocycles. The lowest BCUT2D eigenvalue weighted by Crippen LogP contribution is -2.40. The van der Waals surface area contributed by atoms with Crippen LogP contribution in [0.1, 0.15) is 46.5 Å². The van der Waals surface area contributed by atoms with Crippen molar-refractivity contribution < 1.29 is 9.90 Å². The third-order valence-corrected chi connectivity index (χ3v) is 2.91. The summed E-state index contributed by atoms with van der Waals surface area (Å²) in [4.78, 5) is 10.7. The van der Waals surface area contributed by atoms with Crippen LogP contribution in [0, 0.1) is 11.8 Å². The summed E-state index contributed by atoms with van der Waals surface area (Å²) in [6, 6.07) is -0.710. The summed E-state index contributed by atoms with van der Waals surface area (Å²) >= 11 is 0. The lowest BCUT2D eigenvalue weighted by Gasteiger charge is -2.26. The maximum absolute atomic E-state index is 10.7. The average molecular weight is 201 g/mol. The van der Waals surface area contributed by atoms with E-state index in [0.29, 0.717) is 5.92 Å². The van der Waals surface area contributed by atoms with Crippen LogP contribution in [0.5, 0.6) is 0 Å². The maximum Gasteiger partial charge on any atom is 0.320 e. The number of carbonyl (C=O) groups is 1. The van der Waals surface area contributed by atoms with E-state index < -0.39 is 12.0 Å². The molecule has 0 aromatic rings. The topological polar surface area (TPSA) is 63.3 Å². The molecule has 0 amide bonds. The molecule has 84 valence electrons. The smallest absolute Gasteiger partial charge is 0.320 e. The van der Waals surface area contributed by atoms with Crippen LogP contribution < -0.4 is 5.73 Å². The van der Waals surface area contributed by atoms with Crippen molar-refractivity contribution in [3.63, 3.8) is 0 Å². The summed E-state index contributed by atoms with van der Waals surface area (Å²) in [5, 5.41) is 8.81. The van der Waals surface area contributed by atoms with Gasteiger partial charge in [0.25, 0.3) is 0 Å². The van der Waals surface area contributed by atoms with Gasteiger partial charge in [-0.3, -0.25) is 4.79 Å². The van der Waals surface area contributed by atoms with Crippen LogP contribution in [-0.2, 0) is 4.79 Å². The van der Waals surface area contributed by atoms with E-state index in [-0.39, 0.29) is 5.92 Å². The molecular weight excluding hydrogens is 178 g/mol. The second-order valence-electron chi connectivity index (χ2n) is 4.06. The van der Waals surface area contributed by atoms with Gasteiger partial charge in [-0.05, 0) is 11.8 Å². The fourth-order valence-electron chi connectivity index (χ4n) is 1.93. The zero-order valence-electron chi connectivity index (χ0n) is 9.49. The first-order valence-corrected chi connectivity index (χ1v) is 5.52. The van der Waals surface area contributed by atoms with Crippen molar-refractivity contribution in [1.29, 1.82) is 0 Å². The number of hydrogen-bond donors (Lipinski definition) is 2. The van der Waals surface area contributed by atoms with E-state index in [0.717, 1.165) is 25.7 Å². The van der Waals surface area contributed by atoms with Crippen molar-refractivity contribution in [3.8, 4) is 0 Å². The van der Waals surface area contributed by atoms with Crippen LogP contribution in [0.4, 0.5) is 0 Å². The molecule has 0 aliphatic heterocycles. The van der Waals surface area contributed by atoms with Gasteiger partial charge in [0, 0.05) is 0 Å². The second-order valence-corrected chi connectivity index (χ2v) is 4.06. The predicted octanol–water partition coefficient (Wildman–Crippen LogP) is 2.25. The molecule has 1 unspecified atom stereocenters. The molecule has 14 heavy (non-hydrogen) atoms. The van der Waals surface area contributed by atoms with Gasteiger partial charge in [-0.15, -0.1) is 0 Å². The van der Waals surface area contributed by atoms with Crippen LogP contribution >= 0.6 is 0 Å². The Morgan fingerprint density at radius 3 is 2.00 bits per heavy atom. The molecule has 2 atom stereocenters. The second kappa shape index (κ2) is 6.82. The highest BCUT2D eigenvalue weighted by Crippen LogP contribution is 2.24. The lowest BCUT2D eigenvalue weighted by atomic mass is 9.82. The number of rotatable bonds is 7. The van der Waals surface area contributed by atoms with Gasteiger partial charge in [0.05, 0.1) is 0 Å². The zero-order chi connectivity index (χ0) is 11.1. The molecule has 0 radical (unpaired) electrons. The van der Waals surface area contributed by atoms with Gasteiger partial charge in [-0.1, -0.05) is 46.5 Å². The van der Waals surface area contributed by atoms with E-state index in [2.05, 4.69) is 13.8 Å². The number of nitrogens with two attached hydrogens (primary N) is 1. The highest BCUT2D eigenvalue weighted by Gasteiger charge is 2.26. The van der Waals surface area contributed by atoms with Crippen molar-refractivity contribution in [1.82, 2.24) is 0 Å². The van der Waals surface area contributed by atoms with Crippen LogP contribution in [0.3, 0.4) is 0 Å². The summed E-state index contributed by atoms with van der Waals surface area (Å²) in [5.41, 5.74) is 5.62. The minimum atomic E-state index is -0.880. The van der Waals surface area contributed by atoms with Crippen LogP contribution in [0.15, 0.2) is 0 Å². The van der Waals surface area contributed by atoms with E-state index in [1.807, 2.05) is 6.92 Å². The van der Waals surface area contributed by atoms with Gasteiger partial charge in [0.1, 0.15) is 6.04 Å². The monoisotopic (exact) mass is 201 g/mol. The van der Waals surface area contributed by atoms with E-state index in [1.54, 1.807) is 0 Å². The van der Waals surface area contributed by atoms with Gasteiger partial charge < -0.3 is 10.8 Å². The summed E-state index contributed by atoms with van der Waals surface area (Å²) in [7, 11) is 0. The van der Waals surface area contributed by atoms with Gasteiger partial charge in [-0.2, -0.15) is 0 Å². The third kappa shape index (κ3) is 4.09. The van der Waals surface area contributed by atoms with Crippen LogP contribution in [-0.4, -0.2) is 17.1 Å². The summed E-state index contributed by atoms with van der Waals surface area (Å²) < 4.78 is 0. The Balaban J connectivity index is 4.25. The Bertz CT molecular complexity index is 165. The molecule has 0 aliphatic rings. The van der Waals surface area contributed by atoms with Crippen molar-refractivity contribution in [2.75, 3.05) is 0 Å². The van der Waals surface area contributed by atoms with Gasteiger partial charge >= 0.3 is 5.97 Å². The molecule has 0 heterocycles. The van der Waals surface area contributed by atoms with Gasteiger partial charge in [0.15, 0.2) is 0 Å². The van der Waals surface area contributed by atoms with E-state index in [1.165, 1.54) is 0 Å². The van der Waals surface area contributed by atoms with Crippen molar-refractivity contribution in [3.05, 3.63) is 0 Å². The normalized spacial score (nSPS) is 15.5. The number of hydrogen-bond acceptors (Lipinski definition) is 2. The molecule has 0 saturated heterocycles. The average Bonchev–Trinajstić information content (AvgIpc) is 2.15. The number of aliphatic carboxylic acids is 1. The van der Waals surface area contributed by atoms with Crippen LogP contribution in [0.2, 0.25) is 0 Å². The first-order chi connectivity index (χ1) is 6.54. The predicted molar refractivity (Wildman–Crippen MR) is 58.1 cm³/mol. The number of carboxylic acids is 1. The minimum absolute atomic E-state index is 0.0763. The molecular formula is C11H23NO2. The standard InChI is InChI=1S/C11H23NO2/c1-4-6-9(7-5-2)8(3)10(12)11(13)14/h8-10H,4-7,12H2,1-3H3,(H,13,14)/t8?,10-/m0/s1. The Morgan fingerprint density at radius 1 is 1.29 bits per heavy atom. The first-order valence-electron chi connectivity index (χ1n) is 5.52. The first kappa shape index (κ1) is 13.4. The molecule has 3 heteroatoms. The summed E-state index contributed by atoms with van der Waals surface area (Å²) in [6.45, 7) is 6.21. The Labute approximate surface area is 86.7 Å². The third-order valence-electron chi connectivity index (χ3n) is 2.91. The van der Waals surface area contributed by atoms with E-state index >= 15 is 0 Å². The van der Waals surface area contributed by atoms with Gasteiger partial charge in [0.2, 0.25) is 0 Å². The minimum Gasteiger partial charge on any atom is -0.480 e. The molecule has 3 nitrogen and oxygen atoms in total. The Hall–Kier alpha value is -0.570. The van der Waals surface area contributed by atoms with Crippen LogP contribution in [0.25, 0.3) is 0 Å². The molecule has 0 fully saturated rings. The van der Waals surface area contributed by atoms with E-state index in [9.17, 15) is 4.79 Å². The highest BCUT2D eigenvalue weighted by atomic mass is 16.4. The largest absolute Gasteiger partial charge is 0.480 e. The van der Waals surface area contributed by atoms with Crippen molar-refractivity contribution >= 4 is 5.97 Å². The molecule has 0 rings (SSSR count). The molecule has 0 aromatic carbocycles. The highest BCUT2D eigenvalue weighted by molar-refractivity contribution is 5.73. The fraction of sp³-hybridized carbons (Fsp3) is 0.909.